The van der Waals surface area contributed by atoms with Gasteiger partial charge in [0.15, 0.2) is 0 Å². The number of carbonyl (C=O) groups excluding carboxylic acids is 1. The van der Waals surface area contributed by atoms with Crippen LogP contribution in [0.25, 0.3) is 0 Å². The van der Waals surface area contributed by atoms with Gasteiger partial charge in [0.1, 0.15) is 0 Å². The zero-order valence-corrected chi connectivity index (χ0v) is 9.91. The molecule has 4 N–H and O–H groups in total. The van der Waals surface area contributed by atoms with Gasteiger partial charge in [0.2, 0.25) is 5.91 Å². The summed E-state index contributed by atoms with van der Waals surface area (Å²) in [6.07, 6.45) is 2.39. The quantitative estimate of drug-likeness (QED) is 0.604. The summed E-state index contributed by atoms with van der Waals surface area (Å²) in [4.78, 5) is 10.9. The lowest BCUT2D eigenvalue weighted by Gasteiger charge is -2.20. The Bertz CT molecular complexity index is 225. The third-order valence-electron chi connectivity index (χ3n) is 2.93. The van der Waals surface area contributed by atoms with Gasteiger partial charge in [0.25, 0.3) is 0 Å². The van der Waals surface area contributed by atoms with Crippen LogP contribution in [0.3, 0.4) is 0 Å². The minimum atomic E-state index is -0.917. The fourth-order valence-corrected chi connectivity index (χ4v) is 1.63. The molecule has 0 aromatic heterocycles. The van der Waals surface area contributed by atoms with Crippen molar-refractivity contribution in [3.63, 3.8) is 0 Å². The third kappa shape index (κ3) is 4.47. The highest BCUT2D eigenvalue weighted by Crippen LogP contribution is 2.13. The second kappa shape index (κ2) is 6.18. The van der Waals surface area contributed by atoms with E-state index in [2.05, 4.69) is 0 Å². The van der Waals surface area contributed by atoms with Crippen LogP contribution in [0.2, 0.25) is 0 Å². The highest BCUT2D eigenvalue weighted by molar-refractivity contribution is 5.83. The van der Waals surface area contributed by atoms with Gasteiger partial charge in [-0.05, 0) is 26.2 Å². The third-order valence-corrected chi connectivity index (χ3v) is 2.93. The number of primary amides is 1. The molecule has 5 heteroatoms. The summed E-state index contributed by atoms with van der Waals surface area (Å²) in [5.41, 5.74) is 9.96. The van der Waals surface area contributed by atoms with Crippen LogP contribution in [0.5, 0.6) is 0 Å². The van der Waals surface area contributed by atoms with E-state index in [1.165, 1.54) is 0 Å². The van der Waals surface area contributed by atoms with Crippen molar-refractivity contribution < 1.29 is 14.3 Å². The van der Waals surface area contributed by atoms with Gasteiger partial charge in [-0.2, -0.15) is 0 Å². The summed E-state index contributed by atoms with van der Waals surface area (Å²) in [6, 6.07) is 0. The number of hydrogen-bond donors (Lipinski definition) is 2. The lowest BCUT2D eigenvalue weighted by Crippen LogP contribution is -2.49. The van der Waals surface area contributed by atoms with Crippen LogP contribution in [0.15, 0.2) is 0 Å². The topological polar surface area (TPSA) is 87.6 Å². The van der Waals surface area contributed by atoms with E-state index in [-0.39, 0.29) is 0 Å². The van der Waals surface area contributed by atoms with Crippen molar-refractivity contribution in [1.82, 2.24) is 0 Å². The number of nitrogens with two attached hydrogens (primary N) is 2. The van der Waals surface area contributed by atoms with Crippen LogP contribution < -0.4 is 11.5 Å². The molecule has 94 valence electrons. The molecular formula is C11H22N2O3. The van der Waals surface area contributed by atoms with Crippen LogP contribution in [0, 0.1) is 5.92 Å². The first kappa shape index (κ1) is 13.4. The molecule has 0 saturated carbocycles. The van der Waals surface area contributed by atoms with Crippen LogP contribution in [0.4, 0.5) is 0 Å². The van der Waals surface area contributed by atoms with Gasteiger partial charge in [-0.15, -0.1) is 0 Å². The monoisotopic (exact) mass is 230 g/mol. The van der Waals surface area contributed by atoms with Gasteiger partial charge in [0, 0.05) is 19.1 Å². The molecule has 1 fully saturated rings. The van der Waals surface area contributed by atoms with Gasteiger partial charge in [-0.3, -0.25) is 4.79 Å². The molecule has 0 aromatic carbocycles. The van der Waals surface area contributed by atoms with Crippen molar-refractivity contribution in [1.29, 1.82) is 0 Å². The van der Waals surface area contributed by atoms with E-state index < -0.39 is 11.4 Å². The molecule has 1 heterocycles. The number of amides is 1. The first-order valence-electron chi connectivity index (χ1n) is 5.76. The zero-order chi connectivity index (χ0) is 12.0. The van der Waals surface area contributed by atoms with Crippen molar-refractivity contribution >= 4 is 5.91 Å². The Morgan fingerprint density at radius 3 is 2.94 bits per heavy atom. The molecule has 1 aliphatic rings. The van der Waals surface area contributed by atoms with Gasteiger partial charge in [-0.1, -0.05) is 0 Å². The molecule has 1 rings (SSSR count). The second-order valence-electron chi connectivity index (χ2n) is 4.69. The molecular weight excluding hydrogens is 208 g/mol. The Labute approximate surface area is 96.5 Å². The largest absolute Gasteiger partial charge is 0.381 e. The Balaban J connectivity index is 2.01. The predicted octanol–water partition coefficient (Wildman–Crippen LogP) is 0.0224. The maximum atomic E-state index is 10.9. The van der Waals surface area contributed by atoms with Crippen molar-refractivity contribution in [2.75, 3.05) is 26.4 Å². The second-order valence-corrected chi connectivity index (χ2v) is 4.69. The maximum absolute atomic E-state index is 10.9. The molecule has 1 saturated heterocycles. The lowest BCUT2D eigenvalue weighted by atomic mass is 9.97. The number of rotatable bonds is 7. The van der Waals surface area contributed by atoms with Crippen molar-refractivity contribution in [3.05, 3.63) is 0 Å². The summed E-state index contributed by atoms with van der Waals surface area (Å²) in [7, 11) is 0. The average molecular weight is 230 g/mol. The molecule has 2 atom stereocenters. The van der Waals surface area contributed by atoms with Gasteiger partial charge < -0.3 is 20.9 Å². The van der Waals surface area contributed by atoms with Gasteiger partial charge in [0.05, 0.1) is 18.8 Å². The van der Waals surface area contributed by atoms with E-state index in [4.69, 9.17) is 20.9 Å². The molecule has 0 aliphatic carbocycles. The molecule has 1 amide bonds. The molecule has 0 aromatic rings. The summed E-state index contributed by atoms with van der Waals surface area (Å²) in [5, 5.41) is 0. The highest BCUT2D eigenvalue weighted by Gasteiger charge is 2.24. The predicted molar refractivity (Wildman–Crippen MR) is 60.8 cm³/mol. The van der Waals surface area contributed by atoms with E-state index in [0.29, 0.717) is 18.9 Å². The Hall–Kier alpha value is -0.650. The Kier molecular flexibility index (Phi) is 5.18. The minimum absolute atomic E-state index is 0.461. The molecule has 5 nitrogen and oxygen atoms in total. The first-order chi connectivity index (χ1) is 7.52. The molecule has 16 heavy (non-hydrogen) atoms. The normalized spacial score (nSPS) is 24.2. The average Bonchev–Trinajstić information content (AvgIpc) is 2.69. The standard InChI is InChI=1S/C11H22N2O3/c1-11(13,10(12)14)4-2-5-15-7-9-3-6-16-8-9/h9H,2-8,13H2,1H3,(H2,12,14). The SMILES string of the molecule is CC(N)(CCCOCC1CCOC1)C(N)=O. The summed E-state index contributed by atoms with van der Waals surface area (Å²) in [5.74, 6) is 0.0668. The maximum Gasteiger partial charge on any atom is 0.237 e. The van der Waals surface area contributed by atoms with E-state index in [1.807, 2.05) is 0 Å². The molecule has 0 radical (unpaired) electrons. The van der Waals surface area contributed by atoms with Crippen LogP contribution in [-0.2, 0) is 14.3 Å². The first-order valence-corrected chi connectivity index (χ1v) is 5.76. The smallest absolute Gasteiger partial charge is 0.237 e. The van der Waals surface area contributed by atoms with E-state index in [0.717, 1.165) is 32.7 Å². The summed E-state index contributed by atoms with van der Waals surface area (Å²) in [6.45, 7) is 4.65. The number of ether oxygens (including phenoxy) is 2. The van der Waals surface area contributed by atoms with Crippen molar-refractivity contribution in [2.45, 2.75) is 31.7 Å². The van der Waals surface area contributed by atoms with Gasteiger partial charge >= 0.3 is 0 Å². The Morgan fingerprint density at radius 2 is 2.38 bits per heavy atom. The molecule has 2 unspecified atom stereocenters. The van der Waals surface area contributed by atoms with Crippen LogP contribution in [-0.4, -0.2) is 37.9 Å². The van der Waals surface area contributed by atoms with Crippen LogP contribution >= 0.6 is 0 Å². The van der Waals surface area contributed by atoms with E-state index >= 15 is 0 Å². The summed E-state index contributed by atoms with van der Waals surface area (Å²) < 4.78 is 10.7. The van der Waals surface area contributed by atoms with Crippen molar-refractivity contribution in [2.24, 2.45) is 17.4 Å². The molecule has 0 bridgehead atoms. The lowest BCUT2D eigenvalue weighted by molar-refractivity contribution is -0.122. The fourth-order valence-electron chi connectivity index (χ4n) is 1.63. The number of carbonyl (C=O) groups is 1. The van der Waals surface area contributed by atoms with Gasteiger partial charge in [-0.25, -0.2) is 0 Å². The molecule has 1 aliphatic heterocycles. The highest BCUT2D eigenvalue weighted by atomic mass is 16.5. The number of hydrogen-bond acceptors (Lipinski definition) is 4. The minimum Gasteiger partial charge on any atom is -0.381 e. The van der Waals surface area contributed by atoms with E-state index in [1.54, 1.807) is 6.92 Å². The van der Waals surface area contributed by atoms with E-state index in [9.17, 15) is 4.79 Å². The molecule has 0 spiro atoms. The summed E-state index contributed by atoms with van der Waals surface area (Å²) >= 11 is 0. The van der Waals surface area contributed by atoms with Crippen LogP contribution in [0.1, 0.15) is 26.2 Å². The zero-order valence-electron chi connectivity index (χ0n) is 9.91. The fraction of sp³-hybridized carbons (Fsp3) is 0.909. The Morgan fingerprint density at radius 1 is 1.62 bits per heavy atom. The van der Waals surface area contributed by atoms with Crippen molar-refractivity contribution in [3.8, 4) is 0 Å².